The molecule has 2 aromatic rings. The van der Waals surface area contributed by atoms with E-state index in [2.05, 4.69) is 10.3 Å². The number of para-hydroxylation sites is 1. The Morgan fingerprint density at radius 1 is 1.23 bits per heavy atom. The Morgan fingerprint density at radius 2 is 2.09 bits per heavy atom. The molecule has 0 aliphatic carbocycles. The third kappa shape index (κ3) is 3.22. The number of nitrogens with one attached hydrogen (secondary N) is 1. The number of hydrogen-bond donors (Lipinski definition) is 1. The minimum atomic E-state index is -0.110. The van der Waals surface area contributed by atoms with E-state index < -0.39 is 0 Å². The molecule has 0 radical (unpaired) electrons. The van der Waals surface area contributed by atoms with E-state index in [1.54, 1.807) is 12.3 Å². The maximum absolute atomic E-state index is 12.6. The van der Waals surface area contributed by atoms with Gasteiger partial charge in [-0.2, -0.15) is 0 Å². The lowest BCUT2D eigenvalue weighted by atomic mass is 9.97. The first-order valence-electron chi connectivity index (χ1n) is 7.48. The highest BCUT2D eigenvalue weighted by Crippen LogP contribution is 2.31. The van der Waals surface area contributed by atoms with Gasteiger partial charge in [0.25, 0.3) is 0 Å². The van der Waals surface area contributed by atoms with Gasteiger partial charge in [-0.3, -0.25) is 4.98 Å². The highest BCUT2D eigenvalue weighted by molar-refractivity contribution is 6.33. The fourth-order valence-electron chi connectivity index (χ4n) is 2.84. The van der Waals surface area contributed by atoms with Crippen LogP contribution in [0.2, 0.25) is 5.02 Å². The van der Waals surface area contributed by atoms with Crippen LogP contribution < -0.4 is 5.32 Å². The Hall–Kier alpha value is -2.07. The van der Waals surface area contributed by atoms with Gasteiger partial charge in [0.1, 0.15) is 0 Å². The van der Waals surface area contributed by atoms with Crippen LogP contribution in [-0.4, -0.2) is 22.5 Å². The van der Waals surface area contributed by atoms with Crippen LogP contribution in [0.1, 0.15) is 30.9 Å². The summed E-state index contributed by atoms with van der Waals surface area (Å²) in [5, 5.41) is 3.46. The molecular weight excluding hydrogens is 298 g/mol. The second kappa shape index (κ2) is 6.79. The molecule has 5 heteroatoms. The lowest BCUT2D eigenvalue weighted by molar-refractivity contribution is 0.163. The molecule has 1 aliphatic heterocycles. The van der Waals surface area contributed by atoms with Crippen molar-refractivity contribution in [1.29, 1.82) is 0 Å². The normalized spacial score (nSPS) is 18.0. The van der Waals surface area contributed by atoms with Crippen LogP contribution in [0.5, 0.6) is 0 Å². The molecule has 4 nitrogen and oxygen atoms in total. The number of amides is 2. The van der Waals surface area contributed by atoms with E-state index in [1.807, 2.05) is 41.4 Å². The van der Waals surface area contributed by atoms with Crippen LogP contribution in [0.4, 0.5) is 10.5 Å². The fraction of sp³-hybridized carbons (Fsp3) is 0.294. The van der Waals surface area contributed by atoms with Crippen molar-refractivity contribution in [2.24, 2.45) is 0 Å². The Morgan fingerprint density at radius 3 is 2.86 bits per heavy atom. The molecule has 1 atom stereocenters. The second-order valence-electron chi connectivity index (χ2n) is 5.40. The zero-order chi connectivity index (χ0) is 15.4. The molecule has 1 aromatic heterocycles. The van der Waals surface area contributed by atoms with Gasteiger partial charge in [0.05, 0.1) is 16.8 Å². The molecule has 0 saturated carbocycles. The lowest BCUT2D eigenvalue weighted by Crippen LogP contribution is -2.41. The summed E-state index contributed by atoms with van der Waals surface area (Å²) >= 11 is 6.12. The van der Waals surface area contributed by atoms with Gasteiger partial charge in [0.15, 0.2) is 0 Å². The van der Waals surface area contributed by atoms with E-state index in [-0.39, 0.29) is 12.1 Å². The number of carbonyl (C=O) groups excluding carboxylic acids is 1. The average molecular weight is 316 g/mol. The highest BCUT2D eigenvalue weighted by atomic mass is 35.5. The monoisotopic (exact) mass is 315 g/mol. The van der Waals surface area contributed by atoms with Gasteiger partial charge < -0.3 is 10.2 Å². The summed E-state index contributed by atoms with van der Waals surface area (Å²) in [4.78, 5) is 18.7. The number of benzene rings is 1. The van der Waals surface area contributed by atoms with Gasteiger partial charge >= 0.3 is 6.03 Å². The van der Waals surface area contributed by atoms with Gasteiger partial charge in [-0.1, -0.05) is 29.8 Å². The Labute approximate surface area is 135 Å². The largest absolute Gasteiger partial charge is 0.322 e. The van der Waals surface area contributed by atoms with Crippen LogP contribution in [-0.2, 0) is 0 Å². The van der Waals surface area contributed by atoms with Crippen molar-refractivity contribution in [2.75, 3.05) is 11.9 Å². The maximum Gasteiger partial charge on any atom is 0.322 e. The number of hydrogen-bond acceptors (Lipinski definition) is 2. The molecule has 2 heterocycles. The highest BCUT2D eigenvalue weighted by Gasteiger charge is 2.28. The maximum atomic E-state index is 12.6. The third-order valence-corrected chi connectivity index (χ3v) is 4.28. The van der Waals surface area contributed by atoms with Crippen LogP contribution in [0.15, 0.2) is 48.8 Å². The molecule has 0 bridgehead atoms. The standard InChI is InChI=1S/C17H18ClN3O/c18-14-7-1-2-8-15(14)20-17(22)21-11-4-3-9-16(21)13-6-5-10-19-12-13/h1-2,5-8,10,12,16H,3-4,9,11H2,(H,20,22). The van der Waals surface area contributed by atoms with E-state index in [0.717, 1.165) is 31.4 Å². The van der Waals surface area contributed by atoms with Gasteiger partial charge in [-0.25, -0.2) is 4.79 Å². The van der Waals surface area contributed by atoms with Gasteiger partial charge in [-0.15, -0.1) is 0 Å². The van der Waals surface area contributed by atoms with Crippen molar-refractivity contribution < 1.29 is 4.79 Å². The number of pyridine rings is 1. The minimum Gasteiger partial charge on any atom is -0.317 e. The molecule has 0 spiro atoms. The van der Waals surface area contributed by atoms with Crippen LogP contribution >= 0.6 is 11.6 Å². The molecule has 1 fully saturated rings. The topological polar surface area (TPSA) is 45.2 Å². The Balaban J connectivity index is 1.79. The first kappa shape index (κ1) is 14.9. The third-order valence-electron chi connectivity index (χ3n) is 3.95. The van der Waals surface area contributed by atoms with E-state index in [1.165, 1.54) is 0 Å². The number of urea groups is 1. The lowest BCUT2D eigenvalue weighted by Gasteiger charge is -2.35. The molecule has 1 saturated heterocycles. The summed E-state index contributed by atoms with van der Waals surface area (Å²) in [5.41, 5.74) is 1.72. The van der Waals surface area contributed by atoms with E-state index in [9.17, 15) is 4.79 Å². The van der Waals surface area contributed by atoms with Crippen molar-refractivity contribution in [3.05, 3.63) is 59.4 Å². The fourth-order valence-corrected chi connectivity index (χ4v) is 3.03. The zero-order valence-electron chi connectivity index (χ0n) is 12.2. The van der Waals surface area contributed by atoms with E-state index >= 15 is 0 Å². The molecular formula is C17H18ClN3O. The minimum absolute atomic E-state index is 0.0740. The smallest absolute Gasteiger partial charge is 0.317 e. The summed E-state index contributed by atoms with van der Waals surface area (Å²) in [5.74, 6) is 0. The number of nitrogens with zero attached hydrogens (tertiary/aromatic N) is 2. The summed E-state index contributed by atoms with van der Waals surface area (Å²) in [6.07, 6.45) is 6.69. The molecule has 1 aromatic carbocycles. The summed E-state index contributed by atoms with van der Waals surface area (Å²) in [6, 6.07) is 11.2. The average Bonchev–Trinajstić information content (AvgIpc) is 2.58. The molecule has 1 N–H and O–H groups in total. The van der Waals surface area contributed by atoms with Crippen molar-refractivity contribution in [3.63, 3.8) is 0 Å². The number of aromatic nitrogens is 1. The molecule has 3 rings (SSSR count). The first-order valence-corrected chi connectivity index (χ1v) is 7.85. The van der Waals surface area contributed by atoms with Crippen molar-refractivity contribution in [2.45, 2.75) is 25.3 Å². The van der Waals surface area contributed by atoms with Gasteiger partial charge in [0, 0.05) is 18.9 Å². The van der Waals surface area contributed by atoms with Crippen LogP contribution in [0.25, 0.3) is 0 Å². The number of carbonyl (C=O) groups is 1. The Bertz CT molecular complexity index is 647. The summed E-state index contributed by atoms with van der Waals surface area (Å²) in [7, 11) is 0. The second-order valence-corrected chi connectivity index (χ2v) is 5.81. The summed E-state index contributed by atoms with van der Waals surface area (Å²) < 4.78 is 0. The number of anilines is 1. The van der Waals surface area contributed by atoms with Crippen molar-refractivity contribution >= 4 is 23.3 Å². The van der Waals surface area contributed by atoms with Crippen molar-refractivity contribution in [3.8, 4) is 0 Å². The molecule has 2 amide bonds. The quantitative estimate of drug-likeness (QED) is 0.887. The van der Waals surface area contributed by atoms with Gasteiger partial charge in [0.2, 0.25) is 0 Å². The molecule has 22 heavy (non-hydrogen) atoms. The van der Waals surface area contributed by atoms with Gasteiger partial charge in [-0.05, 0) is 43.0 Å². The Kier molecular flexibility index (Phi) is 4.59. The number of likely N-dealkylation sites (tertiary alicyclic amines) is 1. The zero-order valence-corrected chi connectivity index (χ0v) is 13.0. The summed E-state index contributed by atoms with van der Waals surface area (Å²) in [6.45, 7) is 0.746. The van der Waals surface area contributed by atoms with Crippen LogP contribution in [0, 0.1) is 0 Å². The molecule has 1 aliphatic rings. The van der Waals surface area contributed by atoms with Crippen molar-refractivity contribution in [1.82, 2.24) is 9.88 Å². The number of halogens is 1. The molecule has 1 unspecified atom stereocenters. The number of piperidine rings is 1. The van der Waals surface area contributed by atoms with E-state index in [0.29, 0.717) is 10.7 Å². The first-order chi connectivity index (χ1) is 10.8. The predicted molar refractivity (Wildman–Crippen MR) is 88.0 cm³/mol. The SMILES string of the molecule is O=C(Nc1ccccc1Cl)N1CCCCC1c1cccnc1. The molecule has 114 valence electrons. The van der Waals surface area contributed by atoms with E-state index in [4.69, 9.17) is 11.6 Å². The van der Waals surface area contributed by atoms with Crippen LogP contribution in [0.3, 0.4) is 0 Å². The predicted octanol–water partition coefficient (Wildman–Crippen LogP) is 4.49. The number of rotatable bonds is 2.